The van der Waals surface area contributed by atoms with E-state index in [1.54, 1.807) is 0 Å². The monoisotopic (exact) mass is 240 g/mol. The maximum absolute atomic E-state index is 9.17. The Balaban J connectivity index is 2.10. The predicted molar refractivity (Wildman–Crippen MR) is 71.5 cm³/mol. The van der Waals surface area contributed by atoms with E-state index in [9.17, 15) is 5.11 Å². The first-order chi connectivity index (χ1) is 8.40. The zero-order valence-electron chi connectivity index (χ0n) is 9.26. The van der Waals surface area contributed by atoms with Gasteiger partial charge in [-0.25, -0.2) is 0 Å². The fourth-order valence-electron chi connectivity index (χ4n) is 1.39. The van der Waals surface area contributed by atoms with Crippen LogP contribution in [0.3, 0.4) is 0 Å². The smallest absolute Gasteiger partial charge is 0.0693 e. The highest BCUT2D eigenvalue weighted by Crippen LogP contribution is 2.21. The van der Waals surface area contributed by atoms with Gasteiger partial charge in [-0.2, -0.15) is 0 Å². The Morgan fingerprint density at radius 3 is 2.41 bits per heavy atom. The number of hydrogen-bond donors (Lipinski definition) is 1. The number of hydrogen-bond acceptors (Lipinski definition) is 2. The molecule has 1 nitrogen and oxygen atoms in total. The molecule has 17 heavy (non-hydrogen) atoms. The maximum Gasteiger partial charge on any atom is 0.0693 e. The molecule has 0 radical (unpaired) electrons. The first kappa shape index (κ1) is 11.8. The van der Waals surface area contributed by atoms with Crippen LogP contribution in [0.1, 0.15) is 11.1 Å². The summed E-state index contributed by atoms with van der Waals surface area (Å²) in [5.74, 6) is 3.08. The lowest BCUT2D eigenvalue weighted by atomic mass is 10.2. The van der Waals surface area contributed by atoms with Crippen molar-refractivity contribution in [3.63, 3.8) is 0 Å². The molecule has 84 valence electrons. The maximum atomic E-state index is 9.17. The number of aliphatic hydroxyl groups excluding tert-OH is 1. The quantitative estimate of drug-likeness (QED) is 0.642. The van der Waals surface area contributed by atoms with Gasteiger partial charge in [0.15, 0.2) is 0 Å². The molecule has 0 saturated carbocycles. The summed E-state index contributed by atoms with van der Waals surface area (Å²) in [6.07, 6.45) is 0. The summed E-state index contributed by atoms with van der Waals surface area (Å²) in [6.45, 7) is 0.0518. The average Bonchev–Trinajstić information content (AvgIpc) is 2.40. The Hall–Kier alpha value is -1.69. The molecule has 0 aliphatic heterocycles. The van der Waals surface area contributed by atoms with Crippen LogP contribution in [0.25, 0.3) is 0 Å². The molecule has 0 heterocycles. The third-order valence-corrected chi connectivity index (χ3v) is 3.10. The van der Waals surface area contributed by atoms with Crippen LogP contribution >= 0.6 is 11.8 Å². The number of thioether (sulfide) groups is 1. The minimum Gasteiger partial charge on any atom is -0.392 e. The summed E-state index contributed by atoms with van der Waals surface area (Å²) in [4.78, 5) is 1.01. The molecule has 0 aromatic heterocycles. The van der Waals surface area contributed by atoms with Crippen LogP contribution in [-0.4, -0.2) is 5.11 Å². The number of aliphatic hydroxyl groups is 1. The molecule has 0 aliphatic carbocycles. The van der Waals surface area contributed by atoms with E-state index < -0.39 is 0 Å². The van der Waals surface area contributed by atoms with E-state index in [1.165, 1.54) is 11.8 Å². The van der Waals surface area contributed by atoms with Crippen molar-refractivity contribution in [1.29, 1.82) is 0 Å². The zero-order valence-corrected chi connectivity index (χ0v) is 10.1. The van der Waals surface area contributed by atoms with E-state index >= 15 is 0 Å². The van der Waals surface area contributed by atoms with E-state index in [0.29, 0.717) is 0 Å². The van der Waals surface area contributed by atoms with Gasteiger partial charge < -0.3 is 5.11 Å². The summed E-state index contributed by atoms with van der Waals surface area (Å²) >= 11 is 1.45. The number of rotatable bonds is 2. The lowest BCUT2D eigenvalue weighted by Crippen LogP contribution is -1.84. The van der Waals surface area contributed by atoms with Crippen molar-refractivity contribution in [3.05, 3.63) is 65.7 Å². The van der Waals surface area contributed by atoms with Crippen LogP contribution in [0.2, 0.25) is 0 Å². The average molecular weight is 240 g/mol. The van der Waals surface area contributed by atoms with Gasteiger partial charge in [0.25, 0.3) is 0 Å². The van der Waals surface area contributed by atoms with Crippen molar-refractivity contribution in [1.82, 2.24) is 0 Å². The molecule has 0 saturated heterocycles. The Bertz CT molecular complexity index is 538. The molecule has 0 fully saturated rings. The Labute approximate surface area is 105 Å². The molecule has 2 rings (SSSR count). The Morgan fingerprint density at radius 1 is 0.941 bits per heavy atom. The van der Waals surface area contributed by atoms with E-state index in [0.717, 1.165) is 16.0 Å². The second-order valence-electron chi connectivity index (χ2n) is 3.46. The van der Waals surface area contributed by atoms with Crippen LogP contribution in [0.5, 0.6) is 0 Å². The van der Waals surface area contributed by atoms with Crippen molar-refractivity contribution in [2.75, 3.05) is 0 Å². The topological polar surface area (TPSA) is 20.2 Å². The van der Waals surface area contributed by atoms with Gasteiger partial charge in [-0.1, -0.05) is 42.3 Å². The Kier molecular flexibility index (Phi) is 4.26. The Morgan fingerprint density at radius 2 is 1.65 bits per heavy atom. The molecule has 1 N–H and O–H groups in total. The van der Waals surface area contributed by atoms with Crippen molar-refractivity contribution >= 4 is 11.8 Å². The highest BCUT2D eigenvalue weighted by atomic mass is 32.2. The largest absolute Gasteiger partial charge is 0.392 e. The van der Waals surface area contributed by atoms with Crippen LogP contribution in [0.15, 0.2) is 59.5 Å². The minimum atomic E-state index is 0.0518. The van der Waals surface area contributed by atoms with E-state index in [2.05, 4.69) is 11.2 Å². The fraction of sp³-hybridized carbons (Fsp3) is 0.0667. The molecule has 0 amide bonds. The zero-order chi connectivity index (χ0) is 11.9. The molecule has 2 aromatic carbocycles. The van der Waals surface area contributed by atoms with Gasteiger partial charge in [0.2, 0.25) is 0 Å². The molecule has 2 heteroatoms. The van der Waals surface area contributed by atoms with E-state index in [4.69, 9.17) is 0 Å². The van der Waals surface area contributed by atoms with Gasteiger partial charge in [-0.05, 0) is 40.8 Å². The molecule has 0 bridgehead atoms. The van der Waals surface area contributed by atoms with Gasteiger partial charge in [0, 0.05) is 10.5 Å². The van der Waals surface area contributed by atoms with Crippen LogP contribution < -0.4 is 0 Å². The normalized spacial score (nSPS) is 9.47. The second kappa shape index (κ2) is 6.15. The molecular formula is C15H12OS. The van der Waals surface area contributed by atoms with Crippen LogP contribution in [0, 0.1) is 11.2 Å². The van der Waals surface area contributed by atoms with Crippen molar-refractivity contribution in [3.8, 4) is 11.2 Å². The summed E-state index contributed by atoms with van der Waals surface area (Å²) in [6, 6.07) is 17.6. The van der Waals surface area contributed by atoms with Gasteiger partial charge in [-0.15, -0.1) is 0 Å². The molecule has 0 unspecified atom stereocenters. The summed E-state index contributed by atoms with van der Waals surface area (Å²) in [7, 11) is 0. The predicted octanol–water partition coefficient (Wildman–Crippen LogP) is 3.28. The molecule has 0 spiro atoms. The third kappa shape index (κ3) is 3.39. The third-order valence-electron chi connectivity index (χ3n) is 2.27. The second-order valence-corrected chi connectivity index (χ2v) is 4.31. The minimum absolute atomic E-state index is 0.0518. The first-order valence-corrected chi connectivity index (χ1v) is 6.13. The van der Waals surface area contributed by atoms with Gasteiger partial charge >= 0.3 is 0 Å². The SMILES string of the molecule is OCc1ccccc1SC#Cc1ccccc1. The number of benzene rings is 2. The van der Waals surface area contributed by atoms with Crippen molar-refractivity contribution in [2.24, 2.45) is 0 Å². The van der Waals surface area contributed by atoms with E-state index in [1.807, 2.05) is 54.6 Å². The highest BCUT2D eigenvalue weighted by Gasteiger charge is 1.98. The first-order valence-electron chi connectivity index (χ1n) is 5.32. The summed E-state index contributed by atoms with van der Waals surface area (Å²) in [5.41, 5.74) is 1.92. The molecule has 2 aromatic rings. The standard InChI is InChI=1S/C15H12OS/c16-12-14-8-4-5-9-15(14)17-11-10-13-6-2-1-3-7-13/h1-9,16H,12H2. The molecular weight excluding hydrogens is 228 g/mol. The van der Waals surface area contributed by atoms with Gasteiger partial charge in [0.05, 0.1) is 6.61 Å². The highest BCUT2D eigenvalue weighted by molar-refractivity contribution is 8.04. The molecule has 0 aliphatic rings. The lowest BCUT2D eigenvalue weighted by Gasteiger charge is -2.00. The lowest BCUT2D eigenvalue weighted by molar-refractivity contribution is 0.279. The van der Waals surface area contributed by atoms with Crippen LogP contribution in [0.4, 0.5) is 0 Å². The van der Waals surface area contributed by atoms with Gasteiger partial charge in [0.1, 0.15) is 0 Å². The summed E-state index contributed by atoms with van der Waals surface area (Å²) < 4.78 is 0. The molecule has 0 atom stereocenters. The van der Waals surface area contributed by atoms with Crippen molar-refractivity contribution < 1.29 is 5.11 Å². The van der Waals surface area contributed by atoms with Gasteiger partial charge in [-0.3, -0.25) is 0 Å². The van der Waals surface area contributed by atoms with Crippen LogP contribution in [-0.2, 0) is 6.61 Å². The van der Waals surface area contributed by atoms with Crippen molar-refractivity contribution in [2.45, 2.75) is 11.5 Å². The fourth-order valence-corrected chi connectivity index (χ4v) is 2.08. The summed E-state index contributed by atoms with van der Waals surface area (Å²) in [5, 5.41) is 12.2. The van der Waals surface area contributed by atoms with E-state index in [-0.39, 0.29) is 6.61 Å².